The summed E-state index contributed by atoms with van der Waals surface area (Å²) in [4.78, 5) is 4.26. The Balaban J connectivity index is 2.03. The van der Waals surface area contributed by atoms with Gasteiger partial charge in [0.1, 0.15) is 17.3 Å². The van der Waals surface area contributed by atoms with Gasteiger partial charge in [-0.1, -0.05) is 6.07 Å². The molecule has 4 heteroatoms. The number of halogens is 2. The first-order valence-corrected chi connectivity index (χ1v) is 6.67. The SMILES string of the molecule is Fc1cc(CCl)cc(Oc2cccc3ncccc23)c1. The van der Waals surface area contributed by atoms with Crippen LogP contribution >= 0.6 is 11.6 Å². The summed E-state index contributed by atoms with van der Waals surface area (Å²) < 4.78 is 19.3. The summed E-state index contributed by atoms with van der Waals surface area (Å²) in [6.07, 6.45) is 1.72. The molecule has 2 nitrogen and oxygen atoms in total. The van der Waals surface area contributed by atoms with Crippen LogP contribution in [-0.4, -0.2) is 4.98 Å². The summed E-state index contributed by atoms with van der Waals surface area (Å²) in [5.41, 5.74) is 1.51. The van der Waals surface area contributed by atoms with Gasteiger partial charge in [0.2, 0.25) is 0 Å². The number of fused-ring (bicyclic) bond motifs is 1. The topological polar surface area (TPSA) is 22.1 Å². The van der Waals surface area contributed by atoms with E-state index >= 15 is 0 Å². The van der Waals surface area contributed by atoms with Crippen molar-refractivity contribution in [2.75, 3.05) is 0 Å². The van der Waals surface area contributed by atoms with Crippen molar-refractivity contribution in [1.82, 2.24) is 4.98 Å². The molecule has 0 saturated heterocycles. The van der Waals surface area contributed by atoms with Crippen LogP contribution < -0.4 is 4.74 Å². The van der Waals surface area contributed by atoms with Crippen molar-refractivity contribution in [2.24, 2.45) is 0 Å². The summed E-state index contributed by atoms with van der Waals surface area (Å²) >= 11 is 5.74. The van der Waals surface area contributed by atoms with E-state index in [9.17, 15) is 4.39 Å². The van der Waals surface area contributed by atoms with E-state index in [1.165, 1.54) is 12.1 Å². The zero-order valence-electron chi connectivity index (χ0n) is 10.5. The van der Waals surface area contributed by atoms with Crippen molar-refractivity contribution < 1.29 is 9.13 Å². The third-order valence-electron chi connectivity index (χ3n) is 2.92. The van der Waals surface area contributed by atoms with E-state index in [0.717, 1.165) is 10.9 Å². The fourth-order valence-electron chi connectivity index (χ4n) is 2.05. The second-order valence-electron chi connectivity index (χ2n) is 4.36. The van der Waals surface area contributed by atoms with Gasteiger partial charge in [0.05, 0.1) is 5.52 Å². The third kappa shape index (κ3) is 2.58. The number of aromatic nitrogens is 1. The normalized spacial score (nSPS) is 10.7. The van der Waals surface area contributed by atoms with Crippen LogP contribution in [0.5, 0.6) is 11.5 Å². The number of pyridine rings is 1. The first-order valence-electron chi connectivity index (χ1n) is 6.13. The molecule has 0 radical (unpaired) electrons. The summed E-state index contributed by atoms with van der Waals surface area (Å²) in [5.74, 6) is 0.945. The maximum absolute atomic E-state index is 13.5. The van der Waals surface area contributed by atoms with Gasteiger partial charge in [-0.15, -0.1) is 11.6 Å². The summed E-state index contributed by atoms with van der Waals surface area (Å²) in [6.45, 7) is 0. The van der Waals surface area contributed by atoms with Crippen molar-refractivity contribution in [2.45, 2.75) is 5.88 Å². The molecule has 0 aliphatic rings. The van der Waals surface area contributed by atoms with Crippen LogP contribution in [0.1, 0.15) is 5.56 Å². The molecule has 3 rings (SSSR count). The highest BCUT2D eigenvalue weighted by molar-refractivity contribution is 6.17. The van der Waals surface area contributed by atoms with E-state index < -0.39 is 0 Å². The van der Waals surface area contributed by atoms with E-state index in [1.54, 1.807) is 12.3 Å². The maximum atomic E-state index is 13.5. The van der Waals surface area contributed by atoms with E-state index in [1.807, 2.05) is 30.3 Å². The Morgan fingerprint density at radius 2 is 2.00 bits per heavy atom. The molecule has 0 aliphatic carbocycles. The molecule has 0 bridgehead atoms. The lowest BCUT2D eigenvalue weighted by molar-refractivity contribution is 0.481. The van der Waals surface area contributed by atoms with Gasteiger partial charge in [-0.05, 0) is 42.0 Å². The Morgan fingerprint density at radius 3 is 2.85 bits per heavy atom. The van der Waals surface area contributed by atoms with Crippen LogP contribution in [0.15, 0.2) is 54.7 Å². The van der Waals surface area contributed by atoms with Gasteiger partial charge in [-0.25, -0.2) is 4.39 Å². The molecule has 20 heavy (non-hydrogen) atoms. The number of hydrogen-bond acceptors (Lipinski definition) is 2. The van der Waals surface area contributed by atoms with Crippen molar-refractivity contribution in [3.8, 4) is 11.5 Å². The molecular formula is C16H11ClFNO. The fraction of sp³-hybridized carbons (Fsp3) is 0.0625. The van der Waals surface area contributed by atoms with Crippen molar-refractivity contribution in [3.63, 3.8) is 0 Å². The van der Waals surface area contributed by atoms with E-state index in [-0.39, 0.29) is 11.7 Å². The third-order valence-corrected chi connectivity index (χ3v) is 3.23. The van der Waals surface area contributed by atoms with E-state index in [4.69, 9.17) is 16.3 Å². The molecular weight excluding hydrogens is 277 g/mol. The average Bonchev–Trinajstić information content (AvgIpc) is 2.47. The molecule has 1 heterocycles. The Morgan fingerprint density at radius 1 is 1.10 bits per heavy atom. The van der Waals surface area contributed by atoms with Gasteiger partial charge < -0.3 is 4.74 Å². The predicted molar refractivity (Wildman–Crippen MR) is 77.8 cm³/mol. The zero-order valence-corrected chi connectivity index (χ0v) is 11.3. The quantitative estimate of drug-likeness (QED) is 0.639. The second kappa shape index (κ2) is 5.47. The number of nitrogens with zero attached hydrogens (tertiary/aromatic N) is 1. The fourth-order valence-corrected chi connectivity index (χ4v) is 2.20. The first-order chi connectivity index (χ1) is 9.76. The molecule has 0 fully saturated rings. The van der Waals surface area contributed by atoms with Crippen molar-refractivity contribution >= 4 is 22.5 Å². The van der Waals surface area contributed by atoms with Gasteiger partial charge in [0.25, 0.3) is 0 Å². The van der Waals surface area contributed by atoms with Gasteiger partial charge >= 0.3 is 0 Å². The smallest absolute Gasteiger partial charge is 0.136 e. The predicted octanol–water partition coefficient (Wildman–Crippen LogP) is 4.91. The summed E-state index contributed by atoms with van der Waals surface area (Å²) in [7, 11) is 0. The van der Waals surface area contributed by atoms with Crippen LogP contribution in [0.25, 0.3) is 10.9 Å². The molecule has 0 atom stereocenters. The summed E-state index contributed by atoms with van der Waals surface area (Å²) in [5, 5.41) is 0.881. The molecule has 0 unspecified atom stereocenters. The average molecular weight is 288 g/mol. The Labute approximate surface area is 120 Å². The maximum Gasteiger partial charge on any atom is 0.136 e. The number of ether oxygens (including phenoxy) is 1. The molecule has 3 aromatic rings. The van der Waals surface area contributed by atoms with Gasteiger partial charge in [-0.3, -0.25) is 4.98 Å². The Hall–Kier alpha value is -2.13. The number of alkyl halides is 1. The number of benzene rings is 2. The van der Waals surface area contributed by atoms with Gasteiger partial charge in [0.15, 0.2) is 0 Å². The largest absolute Gasteiger partial charge is 0.457 e. The van der Waals surface area contributed by atoms with Crippen LogP contribution in [0.4, 0.5) is 4.39 Å². The first kappa shape index (κ1) is 12.9. The highest BCUT2D eigenvalue weighted by Crippen LogP contribution is 2.30. The molecule has 0 aliphatic heterocycles. The minimum atomic E-state index is -0.364. The molecule has 2 aromatic carbocycles. The van der Waals surface area contributed by atoms with Crippen molar-refractivity contribution in [1.29, 1.82) is 0 Å². The van der Waals surface area contributed by atoms with Crippen LogP contribution in [0.3, 0.4) is 0 Å². The van der Waals surface area contributed by atoms with Gasteiger partial charge in [0, 0.05) is 23.5 Å². The van der Waals surface area contributed by atoms with E-state index in [2.05, 4.69) is 4.98 Å². The van der Waals surface area contributed by atoms with Crippen LogP contribution in [0.2, 0.25) is 0 Å². The molecule has 0 saturated carbocycles. The minimum Gasteiger partial charge on any atom is -0.457 e. The Bertz CT molecular complexity index is 755. The lowest BCUT2D eigenvalue weighted by Gasteiger charge is -2.09. The zero-order chi connectivity index (χ0) is 13.9. The molecule has 0 amide bonds. The number of rotatable bonds is 3. The molecule has 1 aromatic heterocycles. The monoisotopic (exact) mass is 287 g/mol. The Kier molecular flexibility index (Phi) is 3.52. The van der Waals surface area contributed by atoms with Crippen LogP contribution in [-0.2, 0) is 5.88 Å². The lowest BCUT2D eigenvalue weighted by Crippen LogP contribution is -1.90. The molecule has 100 valence electrons. The highest BCUT2D eigenvalue weighted by Gasteiger charge is 2.06. The lowest BCUT2D eigenvalue weighted by atomic mass is 10.2. The standard InChI is InChI=1S/C16H11ClFNO/c17-10-11-7-12(18)9-13(8-11)20-16-5-1-4-15-14(16)3-2-6-19-15/h1-9H,10H2. The summed E-state index contributed by atoms with van der Waals surface area (Å²) in [6, 6.07) is 13.8. The number of hydrogen-bond donors (Lipinski definition) is 0. The second-order valence-corrected chi connectivity index (χ2v) is 4.62. The minimum absolute atomic E-state index is 0.241. The molecule has 0 N–H and O–H groups in total. The molecule has 0 spiro atoms. The van der Waals surface area contributed by atoms with Crippen molar-refractivity contribution in [3.05, 3.63) is 66.1 Å². The van der Waals surface area contributed by atoms with Crippen LogP contribution in [0, 0.1) is 5.82 Å². The van der Waals surface area contributed by atoms with Gasteiger partial charge in [-0.2, -0.15) is 0 Å². The highest BCUT2D eigenvalue weighted by atomic mass is 35.5. The van der Waals surface area contributed by atoms with E-state index in [0.29, 0.717) is 17.1 Å².